The number of nitrogens with two attached hydrogens (primary N) is 1. The van der Waals surface area contributed by atoms with Gasteiger partial charge in [0.25, 0.3) is 0 Å². The maximum absolute atomic E-state index is 5.71. The molecule has 1 aliphatic rings. The minimum absolute atomic E-state index is 0.619. The van der Waals surface area contributed by atoms with Crippen LogP contribution in [0.15, 0.2) is 66.7 Å². The van der Waals surface area contributed by atoms with Crippen molar-refractivity contribution in [1.29, 1.82) is 0 Å². The van der Waals surface area contributed by atoms with E-state index in [0.29, 0.717) is 6.54 Å². The Hall–Kier alpha value is -2.16. The van der Waals surface area contributed by atoms with Crippen molar-refractivity contribution < 1.29 is 0 Å². The Balaban J connectivity index is 1.46. The molecule has 0 bridgehead atoms. The highest BCUT2D eigenvalue weighted by atomic mass is 15.2. The largest absolute Gasteiger partial charge is 0.326 e. The van der Waals surface area contributed by atoms with E-state index in [9.17, 15) is 0 Å². The van der Waals surface area contributed by atoms with Crippen LogP contribution in [0.25, 0.3) is 10.8 Å². The van der Waals surface area contributed by atoms with Gasteiger partial charge in [-0.15, -0.1) is 0 Å². The monoisotopic (exact) mass is 330 g/mol. The summed E-state index contributed by atoms with van der Waals surface area (Å²) in [6, 6.07) is 24.9. The standard InChI is InChI=1S/C23H26N2/c24-16-18-8-10-19(11-9-18)17-25(22-12-13-22)15-14-21-6-3-5-20-4-1-2-7-23(20)21/h1-11,22H,12-17,24H2. The van der Waals surface area contributed by atoms with E-state index in [1.165, 1.54) is 40.3 Å². The third-order valence-electron chi connectivity index (χ3n) is 5.26. The van der Waals surface area contributed by atoms with Gasteiger partial charge in [-0.2, -0.15) is 0 Å². The van der Waals surface area contributed by atoms with Crippen LogP contribution in [-0.4, -0.2) is 17.5 Å². The Morgan fingerprint density at radius 3 is 2.32 bits per heavy atom. The topological polar surface area (TPSA) is 29.3 Å². The molecule has 25 heavy (non-hydrogen) atoms. The summed E-state index contributed by atoms with van der Waals surface area (Å²) in [6.45, 7) is 2.78. The molecule has 1 aliphatic carbocycles. The second kappa shape index (κ2) is 7.38. The first-order valence-electron chi connectivity index (χ1n) is 9.32. The third-order valence-corrected chi connectivity index (χ3v) is 5.26. The Kier molecular flexibility index (Phi) is 4.82. The summed E-state index contributed by atoms with van der Waals surface area (Å²) in [4.78, 5) is 2.65. The van der Waals surface area contributed by atoms with E-state index in [2.05, 4.69) is 71.6 Å². The van der Waals surface area contributed by atoms with Crippen LogP contribution >= 0.6 is 0 Å². The summed E-state index contributed by atoms with van der Waals surface area (Å²) in [7, 11) is 0. The highest BCUT2D eigenvalue weighted by Crippen LogP contribution is 2.29. The lowest BCUT2D eigenvalue weighted by Crippen LogP contribution is -2.28. The molecule has 0 unspecified atom stereocenters. The Morgan fingerprint density at radius 2 is 1.56 bits per heavy atom. The first kappa shape index (κ1) is 16.3. The minimum Gasteiger partial charge on any atom is -0.326 e. The SMILES string of the molecule is NCc1ccc(CN(CCc2cccc3ccccc23)C2CC2)cc1. The van der Waals surface area contributed by atoms with Gasteiger partial charge in [-0.25, -0.2) is 0 Å². The van der Waals surface area contributed by atoms with Crippen molar-refractivity contribution in [3.63, 3.8) is 0 Å². The molecular weight excluding hydrogens is 304 g/mol. The van der Waals surface area contributed by atoms with Crippen LogP contribution in [-0.2, 0) is 19.5 Å². The maximum Gasteiger partial charge on any atom is 0.0236 e. The van der Waals surface area contributed by atoms with Gasteiger partial charge in [0, 0.05) is 25.7 Å². The Labute approximate surface area is 150 Å². The summed E-state index contributed by atoms with van der Waals surface area (Å²) in [6.07, 6.45) is 3.80. The first-order chi connectivity index (χ1) is 12.3. The molecule has 0 radical (unpaired) electrons. The van der Waals surface area contributed by atoms with E-state index in [1.807, 2.05) is 0 Å². The van der Waals surface area contributed by atoms with Gasteiger partial charge in [-0.1, -0.05) is 66.7 Å². The van der Waals surface area contributed by atoms with E-state index >= 15 is 0 Å². The molecule has 0 amide bonds. The van der Waals surface area contributed by atoms with E-state index in [0.717, 1.165) is 25.6 Å². The van der Waals surface area contributed by atoms with Crippen molar-refractivity contribution in [1.82, 2.24) is 4.90 Å². The molecule has 0 aliphatic heterocycles. The average Bonchev–Trinajstić information content (AvgIpc) is 3.51. The molecule has 0 saturated heterocycles. The predicted molar refractivity (Wildman–Crippen MR) is 105 cm³/mol. The quantitative estimate of drug-likeness (QED) is 0.691. The molecule has 128 valence electrons. The summed E-state index contributed by atoms with van der Waals surface area (Å²) in [5.74, 6) is 0. The summed E-state index contributed by atoms with van der Waals surface area (Å²) >= 11 is 0. The van der Waals surface area contributed by atoms with Gasteiger partial charge in [0.15, 0.2) is 0 Å². The average molecular weight is 330 g/mol. The lowest BCUT2D eigenvalue weighted by molar-refractivity contribution is 0.258. The zero-order chi connectivity index (χ0) is 17.1. The Bertz CT molecular complexity index is 829. The van der Waals surface area contributed by atoms with Crippen LogP contribution in [0.5, 0.6) is 0 Å². The van der Waals surface area contributed by atoms with Crippen LogP contribution in [0.3, 0.4) is 0 Å². The highest BCUT2D eigenvalue weighted by Gasteiger charge is 2.28. The van der Waals surface area contributed by atoms with Crippen LogP contribution in [0, 0.1) is 0 Å². The van der Waals surface area contributed by atoms with E-state index in [4.69, 9.17) is 5.73 Å². The zero-order valence-corrected chi connectivity index (χ0v) is 14.7. The summed E-state index contributed by atoms with van der Waals surface area (Å²) in [5.41, 5.74) is 9.76. The first-order valence-corrected chi connectivity index (χ1v) is 9.32. The molecule has 2 nitrogen and oxygen atoms in total. The van der Waals surface area contributed by atoms with Crippen molar-refractivity contribution >= 4 is 10.8 Å². The van der Waals surface area contributed by atoms with E-state index in [-0.39, 0.29) is 0 Å². The molecule has 0 heterocycles. The third kappa shape index (κ3) is 3.92. The van der Waals surface area contributed by atoms with Gasteiger partial charge < -0.3 is 5.73 Å². The van der Waals surface area contributed by atoms with E-state index in [1.54, 1.807) is 0 Å². The van der Waals surface area contributed by atoms with Crippen molar-refractivity contribution in [2.75, 3.05) is 6.54 Å². The van der Waals surface area contributed by atoms with Crippen molar-refractivity contribution in [3.8, 4) is 0 Å². The number of hydrogen-bond acceptors (Lipinski definition) is 2. The van der Waals surface area contributed by atoms with Crippen LogP contribution in [0.4, 0.5) is 0 Å². The molecule has 3 aromatic rings. The molecular formula is C23H26N2. The molecule has 0 atom stereocenters. The molecule has 2 N–H and O–H groups in total. The number of rotatable bonds is 7. The zero-order valence-electron chi connectivity index (χ0n) is 14.7. The van der Waals surface area contributed by atoms with E-state index < -0.39 is 0 Å². The minimum atomic E-state index is 0.619. The number of nitrogens with zero attached hydrogens (tertiary/aromatic N) is 1. The lowest BCUT2D eigenvalue weighted by atomic mass is 10.0. The fourth-order valence-electron chi connectivity index (χ4n) is 3.62. The van der Waals surface area contributed by atoms with Crippen molar-refractivity contribution in [2.24, 2.45) is 5.73 Å². The lowest BCUT2D eigenvalue weighted by Gasteiger charge is -2.22. The highest BCUT2D eigenvalue weighted by molar-refractivity contribution is 5.85. The second-order valence-electron chi connectivity index (χ2n) is 7.11. The predicted octanol–water partition coefficient (Wildman–Crippen LogP) is 4.51. The van der Waals surface area contributed by atoms with Gasteiger partial charge in [0.2, 0.25) is 0 Å². The van der Waals surface area contributed by atoms with Crippen LogP contribution in [0.1, 0.15) is 29.5 Å². The molecule has 1 saturated carbocycles. The van der Waals surface area contributed by atoms with Gasteiger partial charge in [-0.3, -0.25) is 4.90 Å². The van der Waals surface area contributed by atoms with Gasteiger partial charge in [0.05, 0.1) is 0 Å². The fraction of sp³-hybridized carbons (Fsp3) is 0.304. The number of benzene rings is 3. The fourth-order valence-corrected chi connectivity index (χ4v) is 3.62. The summed E-state index contributed by atoms with van der Waals surface area (Å²) < 4.78 is 0. The second-order valence-corrected chi connectivity index (χ2v) is 7.11. The molecule has 0 spiro atoms. The molecule has 2 heteroatoms. The molecule has 1 fully saturated rings. The van der Waals surface area contributed by atoms with Gasteiger partial charge >= 0.3 is 0 Å². The van der Waals surface area contributed by atoms with Gasteiger partial charge in [-0.05, 0) is 46.7 Å². The number of hydrogen-bond donors (Lipinski definition) is 1. The van der Waals surface area contributed by atoms with Crippen LogP contribution in [0.2, 0.25) is 0 Å². The van der Waals surface area contributed by atoms with Gasteiger partial charge in [0.1, 0.15) is 0 Å². The smallest absolute Gasteiger partial charge is 0.0236 e. The van der Waals surface area contributed by atoms with Crippen molar-refractivity contribution in [3.05, 3.63) is 83.4 Å². The Morgan fingerprint density at radius 1 is 0.840 bits per heavy atom. The van der Waals surface area contributed by atoms with Crippen LogP contribution < -0.4 is 5.73 Å². The normalized spacial score (nSPS) is 14.3. The van der Waals surface area contributed by atoms with Crippen molar-refractivity contribution in [2.45, 2.75) is 38.4 Å². The molecule has 4 rings (SSSR count). The maximum atomic E-state index is 5.71. The summed E-state index contributed by atoms with van der Waals surface area (Å²) in [5, 5.41) is 2.74. The molecule has 3 aromatic carbocycles. The molecule has 0 aromatic heterocycles. The number of fused-ring (bicyclic) bond motifs is 1.